The Labute approximate surface area is 121 Å². The van der Waals surface area contributed by atoms with Gasteiger partial charge in [0.1, 0.15) is 0 Å². The summed E-state index contributed by atoms with van der Waals surface area (Å²) in [4.78, 5) is 20.9. The third kappa shape index (κ3) is 2.86. The molecule has 10 heteroatoms. The summed E-state index contributed by atoms with van der Waals surface area (Å²) in [6.07, 6.45) is 0.912. The van der Waals surface area contributed by atoms with Crippen molar-refractivity contribution >= 4 is 34.9 Å². The van der Waals surface area contributed by atoms with Crippen molar-refractivity contribution in [2.75, 3.05) is 0 Å². The van der Waals surface area contributed by atoms with Gasteiger partial charge in [0.05, 0.1) is 28.3 Å². The summed E-state index contributed by atoms with van der Waals surface area (Å²) in [5, 5.41) is 27.0. The number of aromatic nitrogens is 3. The molecule has 0 unspecified atom stereocenters. The lowest BCUT2D eigenvalue weighted by molar-refractivity contribution is -0.384. The average Bonchev–Trinajstić information content (AvgIpc) is 2.74. The van der Waals surface area contributed by atoms with E-state index in [0.717, 1.165) is 10.7 Å². The fourth-order valence-electron chi connectivity index (χ4n) is 1.56. The van der Waals surface area contributed by atoms with Crippen LogP contribution in [0.3, 0.4) is 0 Å². The van der Waals surface area contributed by atoms with Crippen molar-refractivity contribution in [3.63, 3.8) is 0 Å². The highest BCUT2D eigenvalue weighted by Gasteiger charge is 2.22. The Morgan fingerprint density at radius 2 is 2.15 bits per heavy atom. The maximum atomic E-state index is 11.0. The zero-order valence-corrected chi connectivity index (χ0v) is 11.2. The molecule has 0 aliphatic heterocycles. The monoisotopic (exact) mass is 316 g/mol. The number of hydrogen-bond donors (Lipinski definition) is 1. The summed E-state index contributed by atoms with van der Waals surface area (Å²) < 4.78 is 1.05. The molecule has 2 aromatic rings. The number of nitro groups is 1. The molecule has 0 aliphatic carbocycles. The van der Waals surface area contributed by atoms with Gasteiger partial charge in [0.25, 0.3) is 5.69 Å². The van der Waals surface area contributed by atoms with Crippen molar-refractivity contribution in [3.8, 4) is 5.69 Å². The number of rotatable bonds is 4. The maximum Gasteiger partial charge on any atom is 0.309 e. The normalized spacial score (nSPS) is 10.5. The van der Waals surface area contributed by atoms with E-state index in [-0.39, 0.29) is 33.5 Å². The quantitative estimate of drug-likeness (QED) is 0.683. The maximum absolute atomic E-state index is 11.0. The Bertz CT molecular complexity index is 701. The van der Waals surface area contributed by atoms with Gasteiger partial charge in [0.15, 0.2) is 5.69 Å². The van der Waals surface area contributed by atoms with E-state index in [0.29, 0.717) is 0 Å². The summed E-state index contributed by atoms with van der Waals surface area (Å²) in [7, 11) is 0. The first kappa shape index (κ1) is 14.2. The Hall–Kier alpha value is -2.19. The molecular weight excluding hydrogens is 311 g/mol. The van der Waals surface area contributed by atoms with E-state index in [9.17, 15) is 14.9 Å². The second kappa shape index (κ2) is 5.43. The van der Waals surface area contributed by atoms with Crippen molar-refractivity contribution in [1.82, 2.24) is 15.0 Å². The number of nitro benzene ring substituents is 1. The summed E-state index contributed by atoms with van der Waals surface area (Å²) in [6, 6.07) is 2.45. The van der Waals surface area contributed by atoms with Crippen LogP contribution in [-0.4, -0.2) is 31.0 Å². The first-order chi connectivity index (χ1) is 9.38. The number of benzene rings is 1. The van der Waals surface area contributed by atoms with Gasteiger partial charge in [-0.1, -0.05) is 28.4 Å². The van der Waals surface area contributed by atoms with Crippen LogP contribution in [0.5, 0.6) is 0 Å². The number of nitrogens with zero attached hydrogens (tertiary/aromatic N) is 4. The molecule has 0 fully saturated rings. The van der Waals surface area contributed by atoms with E-state index in [2.05, 4.69) is 10.3 Å². The van der Waals surface area contributed by atoms with Crippen molar-refractivity contribution < 1.29 is 14.8 Å². The molecule has 1 aromatic carbocycles. The third-order valence-corrected chi connectivity index (χ3v) is 2.81. The SMILES string of the molecule is O=C(O)Cc1cn(-c2c(Cl)cc(Cl)cc2[N+](=O)[O-])nn1. The van der Waals surface area contributed by atoms with E-state index in [1.54, 1.807) is 0 Å². The van der Waals surface area contributed by atoms with Crippen LogP contribution in [0.1, 0.15) is 5.69 Å². The first-order valence-corrected chi connectivity index (χ1v) is 5.91. The second-order valence-corrected chi connectivity index (χ2v) is 4.58. The molecule has 20 heavy (non-hydrogen) atoms. The van der Waals surface area contributed by atoms with Gasteiger partial charge in [-0.05, 0) is 6.07 Å². The van der Waals surface area contributed by atoms with Crippen LogP contribution in [-0.2, 0) is 11.2 Å². The zero-order chi connectivity index (χ0) is 14.9. The van der Waals surface area contributed by atoms with Crippen molar-refractivity contribution in [1.29, 1.82) is 0 Å². The van der Waals surface area contributed by atoms with Crippen LogP contribution >= 0.6 is 23.2 Å². The summed E-state index contributed by atoms with van der Waals surface area (Å²) in [5.74, 6) is -1.09. The largest absolute Gasteiger partial charge is 0.481 e. The Kier molecular flexibility index (Phi) is 3.86. The van der Waals surface area contributed by atoms with Gasteiger partial charge in [-0.2, -0.15) is 0 Å². The highest BCUT2D eigenvalue weighted by Crippen LogP contribution is 2.33. The number of halogens is 2. The third-order valence-electron chi connectivity index (χ3n) is 2.31. The van der Waals surface area contributed by atoms with Crippen LogP contribution in [0.25, 0.3) is 5.69 Å². The molecule has 1 N–H and O–H groups in total. The van der Waals surface area contributed by atoms with Gasteiger partial charge >= 0.3 is 5.97 Å². The molecule has 0 spiro atoms. The van der Waals surface area contributed by atoms with Crippen molar-refractivity contribution in [2.45, 2.75) is 6.42 Å². The summed E-state index contributed by atoms with van der Waals surface area (Å²) >= 11 is 11.7. The van der Waals surface area contributed by atoms with Crippen LogP contribution in [0.15, 0.2) is 18.3 Å². The fourth-order valence-corrected chi connectivity index (χ4v) is 2.13. The molecule has 8 nitrogen and oxygen atoms in total. The molecule has 0 atom stereocenters. The lowest BCUT2D eigenvalue weighted by Gasteiger charge is -2.05. The van der Waals surface area contributed by atoms with Gasteiger partial charge in [-0.15, -0.1) is 5.10 Å². The lowest BCUT2D eigenvalue weighted by Crippen LogP contribution is -2.02. The Morgan fingerprint density at radius 1 is 1.45 bits per heavy atom. The van der Waals surface area contributed by atoms with Crippen LogP contribution in [0.4, 0.5) is 5.69 Å². The molecular formula is C10H6Cl2N4O4. The molecule has 1 aromatic heterocycles. The van der Waals surface area contributed by atoms with E-state index in [1.807, 2.05) is 0 Å². The molecule has 0 radical (unpaired) electrons. The van der Waals surface area contributed by atoms with Crippen LogP contribution in [0, 0.1) is 10.1 Å². The summed E-state index contributed by atoms with van der Waals surface area (Å²) in [6.45, 7) is 0. The first-order valence-electron chi connectivity index (χ1n) is 5.15. The van der Waals surface area contributed by atoms with Gasteiger partial charge in [-0.25, -0.2) is 4.68 Å². The molecule has 104 valence electrons. The highest BCUT2D eigenvalue weighted by atomic mass is 35.5. The predicted octanol–water partition coefficient (Wildman–Crippen LogP) is 2.11. The topological polar surface area (TPSA) is 111 Å². The second-order valence-electron chi connectivity index (χ2n) is 3.74. The minimum absolute atomic E-state index is 0.0102. The van der Waals surface area contributed by atoms with Gasteiger partial charge in [-0.3, -0.25) is 14.9 Å². The van der Waals surface area contributed by atoms with E-state index >= 15 is 0 Å². The van der Waals surface area contributed by atoms with Gasteiger partial charge in [0, 0.05) is 11.1 Å². The number of carboxylic acid groups (broad SMARTS) is 1. The number of hydrogen-bond acceptors (Lipinski definition) is 5. The lowest BCUT2D eigenvalue weighted by atomic mass is 10.2. The van der Waals surface area contributed by atoms with E-state index in [1.165, 1.54) is 12.3 Å². The van der Waals surface area contributed by atoms with E-state index < -0.39 is 10.9 Å². The zero-order valence-electron chi connectivity index (χ0n) is 9.66. The highest BCUT2D eigenvalue weighted by molar-refractivity contribution is 6.36. The standard InChI is InChI=1S/C10H6Cl2N4O4/c11-5-1-7(12)10(8(2-5)16(19)20)15-4-6(13-14-15)3-9(17)18/h1-2,4H,3H2,(H,17,18). The molecule has 0 saturated heterocycles. The van der Waals surface area contributed by atoms with Crippen molar-refractivity contribution in [3.05, 3.63) is 44.2 Å². The van der Waals surface area contributed by atoms with Crippen molar-refractivity contribution in [2.24, 2.45) is 0 Å². The fraction of sp³-hybridized carbons (Fsp3) is 0.100. The van der Waals surface area contributed by atoms with Crippen LogP contribution < -0.4 is 0 Å². The number of carboxylic acids is 1. The summed E-state index contributed by atoms with van der Waals surface area (Å²) in [5.41, 5.74) is -0.225. The molecule has 0 aliphatic rings. The number of aliphatic carboxylic acids is 1. The van der Waals surface area contributed by atoms with Gasteiger partial charge in [0.2, 0.25) is 0 Å². The Morgan fingerprint density at radius 3 is 2.75 bits per heavy atom. The van der Waals surface area contributed by atoms with E-state index in [4.69, 9.17) is 28.3 Å². The smallest absolute Gasteiger partial charge is 0.309 e. The minimum atomic E-state index is -1.09. The van der Waals surface area contributed by atoms with Crippen LogP contribution in [0.2, 0.25) is 10.0 Å². The molecule has 2 rings (SSSR count). The molecule has 0 saturated carbocycles. The predicted molar refractivity (Wildman–Crippen MR) is 69.4 cm³/mol. The Balaban J connectivity index is 2.54. The molecule has 0 bridgehead atoms. The minimum Gasteiger partial charge on any atom is -0.481 e. The average molecular weight is 317 g/mol. The number of carbonyl (C=O) groups is 1. The molecule has 1 heterocycles. The molecule has 0 amide bonds. The van der Waals surface area contributed by atoms with Gasteiger partial charge < -0.3 is 5.11 Å².